The summed E-state index contributed by atoms with van der Waals surface area (Å²) in [6.07, 6.45) is 1.18. The van der Waals surface area contributed by atoms with Crippen molar-refractivity contribution in [1.82, 2.24) is 4.57 Å². The predicted octanol–water partition coefficient (Wildman–Crippen LogP) is 1.77. The minimum atomic E-state index is -0.870. The fourth-order valence-corrected chi connectivity index (χ4v) is 1.92. The number of nitrogens with zero attached hydrogens (tertiary/aromatic N) is 3. The summed E-state index contributed by atoms with van der Waals surface area (Å²) in [4.78, 5) is 21.8. The number of nitro benzene ring substituents is 1. The Morgan fingerprint density at radius 3 is 2.73 bits per heavy atom. The lowest BCUT2D eigenvalue weighted by atomic mass is 10.2. The standard InChI is InChI=1S/C13H9FN4O4/c1-22-13(19)12-11(16)7(5-15)6-17(12)9-2-8(14)3-10(4-9)18(20)21/h2-4,6H,16H2,1H3. The zero-order valence-corrected chi connectivity index (χ0v) is 11.2. The molecule has 112 valence electrons. The van der Waals surface area contributed by atoms with E-state index in [-0.39, 0.29) is 22.6 Å². The van der Waals surface area contributed by atoms with Crippen LogP contribution in [-0.2, 0) is 4.74 Å². The van der Waals surface area contributed by atoms with E-state index in [4.69, 9.17) is 11.0 Å². The molecule has 0 saturated heterocycles. The molecule has 0 atom stereocenters. The number of nitriles is 1. The van der Waals surface area contributed by atoms with Gasteiger partial charge in [0.2, 0.25) is 0 Å². The third-order valence-corrected chi connectivity index (χ3v) is 2.90. The van der Waals surface area contributed by atoms with Crippen molar-refractivity contribution < 1.29 is 18.8 Å². The number of nitro groups is 1. The number of anilines is 1. The van der Waals surface area contributed by atoms with Crippen molar-refractivity contribution in [2.75, 3.05) is 12.8 Å². The topological polar surface area (TPSA) is 124 Å². The first kappa shape index (κ1) is 15.0. The number of carbonyl (C=O) groups excluding carboxylic acids is 1. The molecule has 2 aromatic rings. The fraction of sp³-hybridized carbons (Fsp3) is 0.0769. The molecule has 8 nitrogen and oxygen atoms in total. The van der Waals surface area contributed by atoms with Crippen LogP contribution in [0, 0.1) is 27.3 Å². The number of nitrogen functional groups attached to an aromatic ring is 1. The number of benzene rings is 1. The maximum atomic E-state index is 13.5. The van der Waals surface area contributed by atoms with Crippen LogP contribution in [0.5, 0.6) is 0 Å². The van der Waals surface area contributed by atoms with Gasteiger partial charge >= 0.3 is 5.97 Å². The van der Waals surface area contributed by atoms with E-state index in [1.807, 2.05) is 0 Å². The van der Waals surface area contributed by atoms with Crippen molar-refractivity contribution in [3.05, 3.63) is 51.6 Å². The average Bonchev–Trinajstić information content (AvgIpc) is 2.82. The number of aromatic nitrogens is 1. The maximum Gasteiger partial charge on any atom is 0.357 e. The summed E-state index contributed by atoms with van der Waals surface area (Å²) in [6, 6.07) is 4.53. The molecule has 1 aromatic heterocycles. The summed E-state index contributed by atoms with van der Waals surface area (Å²) in [6.45, 7) is 0. The Morgan fingerprint density at radius 2 is 2.18 bits per heavy atom. The van der Waals surface area contributed by atoms with Gasteiger partial charge in [0.25, 0.3) is 5.69 Å². The van der Waals surface area contributed by atoms with Crippen LogP contribution >= 0.6 is 0 Å². The van der Waals surface area contributed by atoms with Gasteiger partial charge in [-0.3, -0.25) is 10.1 Å². The first-order valence-electron chi connectivity index (χ1n) is 5.83. The van der Waals surface area contributed by atoms with Crippen LogP contribution < -0.4 is 5.73 Å². The molecule has 0 unspecified atom stereocenters. The molecule has 0 fully saturated rings. The van der Waals surface area contributed by atoms with Gasteiger partial charge in [-0.15, -0.1) is 0 Å². The van der Waals surface area contributed by atoms with E-state index in [0.29, 0.717) is 0 Å². The van der Waals surface area contributed by atoms with Crippen molar-refractivity contribution in [3.8, 4) is 11.8 Å². The summed E-state index contributed by atoms with van der Waals surface area (Å²) >= 11 is 0. The lowest BCUT2D eigenvalue weighted by Crippen LogP contribution is -2.11. The lowest BCUT2D eigenvalue weighted by Gasteiger charge is -2.08. The van der Waals surface area contributed by atoms with E-state index >= 15 is 0 Å². The molecule has 9 heteroatoms. The number of rotatable bonds is 3. The van der Waals surface area contributed by atoms with Gasteiger partial charge in [0.15, 0.2) is 5.69 Å². The third kappa shape index (κ3) is 2.45. The quantitative estimate of drug-likeness (QED) is 0.523. The number of non-ortho nitro benzene ring substituents is 1. The third-order valence-electron chi connectivity index (χ3n) is 2.90. The summed E-state index contributed by atoms with van der Waals surface area (Å²) in [5.74, 6) is -1.73. The summed E-state index contributed by atoms with van der Waals surface area (Å²) < 4.78 is 19.2. The van der Waals surface area contributed by atoms with E-state index in [1.54, 1.807) is 6.07 Å². The molecule has 0 amide bonds. The molecule has 0 radical (unpaired) electrons. The van der Waals surface area contributed by atoms with Gasteiger partial charge < -0.3 is 15.0 Å². The van der Waals surface area contributed by atoms with E-state index in [1.165, 1.54) is 6.20 Å². The SMILES string of the molecule is COC(=O)c1c(N)c(C#N)cn1-c1cc(F)cc([N+](=O)[O-])c1. The zero-order chi connectivity index (χ0) is 16.4. The molecule has 22 heavy (non-hydrogen) atoms. The summed E-state index contributed by atoms with van der Waals surface area (Å²) in [5.41, 5.74) is 4.77. The molecule has 0 aliphatic rings. The predicted molar refractivity (Wildman–Crippen MR) is 72.8 cm³/mol. The van der Waals surface area contributed by atoms with E-state index in [2.05, 4.69) is 4.74 Å². The van der Waals surface area contributed by atoms with Gasteiger partial charge in [0, 0.05) is 12.3 Å². The lowest BCUT2D eigenvalue weighted by molar-refractivity contribution is -0.385. The number of esters is 1. The Balaban J connectivity index is 2.75. The molecule has 0 spiro atoms. The maximum absolute atomic E-state index is 13.5. The van der Waals surface area contributed by atoms with Gasteiger partial charge in [-0.1, -0.05) is 0 Å². The average molecular weight is 304 g/mol. The first-order valence-corrected chi connectivity index (χ1v) is 5.83. The van der Waals surface area contributed by atoms with Crippen LogP contribution in [0.1, 0.15) is 16.1 Å². The molecular weight excluding hydrogens is 295 g/mol. The second-order valence-electron chi connectivity index (χ2n) is 4.20. The van der Waals surface area contributed by atoms with Crippen molar-refractivity contribution in [3.63, 3.8) is 0 Å². The number of ether oxygens (including phenoxy) is 1. The number of hydrogen-bond acceptors (Lipinski definition) is 6. The van der Waals surface area contributed by atoms with Crippen LogP contribution in [-0.4, -0.2) is 22.6 Å². The number of methoxy groups -OCH3 is 1. The monoisotopic (exact) mass is 304 g/mol. The second kappa shape index (κ2) is 5.53. The molecule has 0 aliphatic carbocycles. The van der Waals surface area contributed by atoms with Crippen molar-refractivity contribution in [1.29, 1.82) is 5.26 Å². The molecule has 0 saturated carbocycles. The van der Waals surface area contributed by atoms with Crippen LogP contribution in [0.15, 0.2) is 24.4 Å². The molecule has 2 N–H and O–H groups in total. The first-order chi connectivity index (χ1) is 10.4. The Kier molecular flexibility index (Phi) is 3.77. The van der Waals surface area contributed by atoms with Crippen LogP contribution in [0.2, 0.25) is 0 Å². The number of hydrogen-bond donors (Lipinski definition) is 1. The number of carbonyl (C=O) groups is 1. The largest absolute Gasteiger partial charge is 0.464 e. The fourth-order valence-electron chi connectivity index (χ4n) is 1.92. The minimum absolute atomic E-state index is 0.0275. The number of nitrogens with two attached hydrogens (primary N) is 1. The molecule has 0 bridgehead atoms. The highest BCUT2D eigenvalue weighted by molar-refractivity contribution is 5.96. The van der Waals surface area contributed by atoms with E-state index in [9.17, 15) is 19.3 Å². The molecular formula is C13H9FN4O4. The molecule has 0 aliphatic heterocycles. The smallest absolute Gasteiger partial charge is 0.357 e. The highest BCUT2D eigenvalue weighted by Gasteiger charge is 2.23. The van der Waals surface area contributed by atoms with Gasteiger partial charge in [-0.25, -0.2) is 9.18 Å². The van der Waals surface area contributed by atoms with Crippen LogP contribution in [0.25, 0.3) is 5.69 Å². The minimum Gasteiger partial charge on any atom is -0.464 e. The summed E-state index contributed by atoms with van der Waals surface area (Å²) in [7, 11) is 1.11. The van der Waals surface area contributed by atoms with Gasteiger partial charge in [-0.2, -0.15) is 5.26 Å². The normalized spacial score (nSPS) is 10.0. The van der Waals surface area contributed by atoms with E-state index < -0.39 is 22.4 Å². The summed E-state index contributed by atoms with van der Waals surface area (Å²) in [5, 5.41) is 19.8. The van der Waals surface area contributed by atoms with Crippen molar-refractivity contribution >= 4 is 17.3 Å². The Labute approximate surface area is 123 Å². The van der Waals surface area contributed by atoms with Crippen molar-refractivity contribution in [2.45, 2.75) is 0 Å². The van der Waals surface area contributed by atoms with Crippen molar-refractivity contribution in [2.24, 2.45) is 0 Å². The number of halogens is 1. The van der Waals surface area contributed by atoms with Crippen LogP contribution in [0.3, 0.4) is 0 Å². The molecule has 1 aromatic carbocycles. The highest BCUT2D eigenvalue weighted by atomic mass is 19.1. The van der Waals surface area contributed by atoms with Crippen LogP contribution in [0.4, 0.5) is 15.8 Å². The second-order valence-corrected chi connectivity index (χ2v) is 4.20. The van der Waals surface area contributed by atoms with Gasteiger partial charge in [-0.05, 0) is 6.07 Å². The van der Waals surface area contributed by atoms with E-state index in [0.717, 1.165) is 29.9 Å². The highest BCUT2D eigenvalue weighted by Crippen LogP contribution is 2.27. The Hall–Kier alpha value is -3.41. The zero-order valence-electron chi connectivity index (χ0n) is 11.2. The van der Waals surface area contributed by atoms with Gasteiger partial charge in [0.1, 0.15) is 11.9 Å². The Bertz CT molecular complexity index is 822. The Morgan fingerprint density at radius 1 is 1.50 bits per heavy atom. The van der Waals surface area contributed by atoms with Gasteiger partial charge in [0.05, 0.1) is 35.0 Å². The molecule has 1 heterocycles. The molecule has 2 rings (SSSR count).